The Morgan fingerprint density at radius 1 is 1.28 bits per heavy atom. The maximum absolute atomic E-state index is 15.3. The molecule has 0 saturated heterocycles. The van der Waals surface area contributed by atoms with Gasteiger partial charge < -0.3 is 29.3 Å². The topological polar surface area (TPSA) is 126 Å². The number of aromatic nitrogens is 3. The molecule has 0 unspecified atom stereocenters. The van der Waals surface area contributed by atoms with Crippen LogP contribution >= 0.6 is 0 Å². The first-order valence-electron chi connectivity index (χ1n) is 9.94. The third kappa shape index (κ3) is 3.17. The molecule has 0 bridgehead atoms. The standard InChI is InChI=1S/C21H18F2N4O5/c1-9(20(28)29)31-10-6-13-17-14(7-10)30-5-3-2-4-27(17)19(25-13)11-8-12(22)18-16(15(11)23)26-21(24)32-18/h6-9H,2-5H2,1H3,(H2,24,26)(H,28,29)/t9-/m0/s1. The van der Waals surface area contributed by atoms with Gasteiger partial charge in [0.15, 0.2) is 28.8 Å². The number of anilines is 1. The third-order valence-corrected chi connectivity index (χ3v) is 5.29. The SMILES string of the molecule is C[C@H](Oc1cc2c3c(c1)nc(-c1cc(F)c4oc(N)nc4c1F)n3CCCCO2)C(=O)O. The Bertz CT molecular complexity index is 1380. The highest BCUT2D eigenvalue weighted by Crippen LogP contribution is 2.39. The molecule has 11 heteroatoms. The summed E-state index contributed by atoms with van der Waals surface area (Å²) in [6.45, 7) is 2.34. The number of hydrogen-bond donors (Lipinski definition) is 2. The van der Waals surface area contributed by atoms with Crippen LogP contribution in [0.3, 0.4) is 0 Å². The number of nitrogen functional groups attached to an aromatic ring is 1. The summed E-state index contributed by atoms with van der Waals surface area (Å²) >= 11 is 0. The van der Waals surface area contributed by atoms with E-state index in [0.29, 0.717) is 29.9 Å². The van der Waals surface area contributed by atoms with Gasteiger partial charge in [0.1, 0.15) is 22.8 Å². The Morgan fingerprint density at radius 3 is 2.88 bits per heavy atom. The summed E-state index contributed by atoms with van der Waals surface area (Å²) in [5.41, 5.74) is 5.66. The number of imidazole rings is 1. The van der Waals surface area contributed by atoms with Gasteiger partial charge in [0.05, 0.1) is 17.7 Å². The lowest BCUT2D eigenvalue weighted by atomic mass is 10.1. The molecule has 0 radical (unpaired) electrons. The highest BCUT2D eigenvalue weighted by Gasteiger charge is 2.26. The zero-order chi connectivity index (χ0) is 22.6. The van der Waals surface area contributed by atoms with Gasteiger partial charge in [0.25, 0.3) is 6.01 Å². The number of carbonyl (C=O) groups is 1. The lowest BCUT2D eigenvalue weighted by molar-refractivity contribution is -0.144. The molecular weight excluding hydrogens is 426 g/mol. The molecule has 166 valence electrons. The number of carboxylic acid groups (broad SMARTS) is 1. The van der Waals surface area contributed by atoms with Gasteiger partial charge in [-0.05, 0) is 25.8 Å². The van der Waals surface area contributed by atoms with Crippen LogP contribution < -0.4 is 15.2 Å². The van der Waals surface area contributed by atoms with Gasteiger partial charge in [-0.3, -0.25) is 0 Å². The van der Waals surface area contributed by atoms with Gasteiger partial charge in [-0.1, -0.05) is 0 Å². The lowest BCUT2D eigenvalue weighted by Crippen LogP contribution is -2.22. The first-order valence-corrected chi connectivity index (χ1v) is 9.94. The molecule has 4 aromatic rings. The smallest absolute Gasteiger partial charge is 0.344 e. The minimum atomic E-state index is -1.13. The summed E-state index contributed by atoms with van der Waals surface area (Å²) in [6.07, 6.45) is 0.363. The zero-order valence-electron chi connectivity index (χ0n) is 16.9. The van der Waals surface area contributed by atoms with Gasteiger partial charge in [0, 0.05) is 18.7 Å². The molecule has 0 saturated carbocycles. The minimum absolute atomic E-state index is 0.104. The van der Waals surface area contributed by atoms with Gasteiger partial charge in [-0.15, -0.1) is 0 Å². The van der Waals surface area contributed by atoms with E-state index in [4.69, 9.17) is 24.7 Å². The van der Waals surface area contributed by atoms with Crippen LogP contribution in [0.1, 0.15) is 19.8 Å². The van der Waals surface area contributed by atoms with E-state index in [1.165, 1.54) is 6.92 Å². The monoisotopic (exact) mass is 444 g/mol. The second kappa shape index (κ2) is 7.36. The number of nitrogens with zero attached hydrogens (tertiary/aromatic N) is 3. The fraction of sp³-hybridized carbons (Fsp3) is 0.286. The Hall–Kier alpha value is -3.89. The molecular formula is C21H18F2N4O5. The van der Waals surface area contributed by atoms with E-state index >= 15 is 4.39 Å². The fourth-order valence-electron chi connectivity index (χ4n) is 3.81. The molecule has 1 aliphatic heterocycles. The molecule has 32 heavy (non-hydrogen) atoms. The molecule has 9 nitrogen and oxygen atoms in total. The van der Waals surface area contributed by atoms with Crippen LogP contribution in [0.25, 0.3) is 33.5 Å². The second-order valence-electron chi connectivity index (χ2n) is 7.48. The van der Waals surface area contributed by atoms with Crippen LogP contribution in [0.15, 0.2) is 22.6 Å². The van der Waals surface area contributed by atoms with Crippen LogP contribution in [0.5, 0.6) is 11.5 Å². The van der Waals surface area contributed by atoms with E-state index in [-0.39, 0.29) is 34.3 Å². The van der Waals surface area contributed by atoms with Crippen molar-refractivity contribution in [2.24, 2.45) is 0 Å². The van der Waals surface area contributed by atoms with Gasteiger partial charge in [0.2, 0.25) is 0 Å². The zero-order valence-corrected chi connectivity index (χ0v) is 16.9. The number of aryl methyl sites for hydroxylation is 1. The summed E-state index contributed by atoms with van der Waals surface area (Å²) in [5, 5.41) is 9.14. The maximum Gasteiger partial charge on any atom is 0.344 e. The average Bonchev–Trinajstić information content (AvgIpc) is 3.29. The number of benzene rings is 2. The third-order valence-electron chi connectivity index (χ3n) is 5.29. The van der Waals surface area contributed by atoms with Crippen molar-refractivity contribution in [2.75, 3.05) is 12.3 Å². The molecule has 2 aromatic heterocycles. The molecule has 1 aliphatic rings. The van der Waals surface area contributed by atoms with Crippen LogP contribution in [0, 0.1) is 11.6 Å². The number of carboxylic acids is 1. The normalized spacial score (nSPS) is 14.7. The summed E-state index contributed by atoms with van der Waals surface area (Å²) in [5.74, 6) is -1.92. The van der Waals surface area contributed by atoms with E-state index in [9.17, 15) is 9.18 Å². The van der Waals surface area contributed by atoms with Crippen molar-refractivity contribution in [3.63, 3.8) is 0 Å². The first kappa shape index (κ1) is 20.0. The van der Waals surface area contributed by atoms with Crippen molar-refractivity contribution < 1.29 is 32.6 Å². The number of aliphatic carboxylic acids is 1. The molecule has 3 N–H and O–H groups in total. The summed E-state index contributed by atoms with van der Waals surface area (Å²) in [6, 6.07) is 3.77. The van der Waals surface area contributed by atoms with E-state index < -0.39 is 23.7 Å². The molecule has 3 heterocycles. The fourth-order valence-corrected chi connectivity index (χ4v) is 3.81. The van der Waals surface area contributed by atoms with Crippen molar-refractivity contribution in [1.29, 1.82) is 0 Å². The van der Waals surface area contributed by atoms with E-state index in [1.807, 2.05) is 0 Å². The quantitative estimate of drug-likeness (QED) is 0.488. The van der Waals surface area contributed by atoms with Crippen molar-refractivity contribution in [1.82, 2.24) is 14.5 Å². The Kier molecular flexibility index (Phi) is 4.61. The molecule has 2 aromatic carbocycles. The first-order chi connectivity index (χ1) is 15.3. The number of nitrogens with two attached hydrogens (primary N) is 1. The number of fused-ring (bicyclic) bond motifs is 1. The van der Waals surface area contributed by atoms with Crippen molar-refractivity contribution in [2.45, 2.75) is 32.4 Å². The molecule has 1 atom stereocenters. The van der Waals surface area contributed by atoms with Crippen LogP contribution in [-0.2, 0) is 11.3 Å². The minimum Gasteiger partial charge on any atom is -0.491 e. The van der Waals surface area contributed by atoms with Crippen LogP contribution in [-0.4, -0.2) is 38.3 Å². The Labute approximate surface area is 179 Å². The Morgan fingerprint density at radius 2 is 2.09 bits per heavy atom. The number of halogens is 2. The number of ether oxygens (including phenoxy) is 2. The van der Waals surface area contributed by atoms with Crippen molar-refractivity contribution in [3.8, 4) is 22.9 Å². The van der Waals surface area contributed by atoms with Gasteiger partial charge in [-0.25, -0.2) is 18.6 Å². The average molecular weight is 444 g/mol. The number of oxazole rings is 1. The van der Waals surface area contributed by atoms with Crippen LogP contribution in [0.4, 0.5) is 14.8 Å². The number of hydrogen-bond acceptors (Lipinski definition) is 7. The highest BCUT2D eigenvalue weighted by atomic mass is 19.1. The predicted octanol–water partition coefficient (Wildman–Crippen LogP) is 3.73. The van der Waals surface area contributed by atoms with E-state index in [0.717, 1.165) is 18.9 Å². The van der Waals surface area contributed by atoms with Crippen LogP contribution in [0.2, 0.25) is 0 Å². The Balaban J connectivity index is 1.74. The molecule has 0 amide bonds. The van der Waals surface area contributed by atoms with Gasteiger partial charge in [-0.2, -0.15) is 4.98 Å². The highest BCUT2D eigenvalue weighted by molar-refractivity contribution is 5.89. The summed E-state index contributed by atoms with van der Waals surface area (Å²) in [4.78, 5) is 19.5. The van der Waals surface area contributed by atoms with E-state index in [1.54, 1.807) is 16.7 Å². The summed E-state index contributed by atoms with van der Waals surface area (Å²) in [7, 11) is 0. The molecule has 0 aliphatic carbocycles. The number of rotatable bonds is 4. The predicted molar refractivity (Wildman–Crippen MR) is 110 cm³/mol. The summed E-state index contributed by atoms with van der Waals surface area (Å²) < 4.78 is 48.0. The maximum atomic E-state index is 15.3. The molecule has 5 rings (SSSR count). The van der Waals surface area contributed by atoms with Gasteiger partial charge >= 0.3 is 5.97 Å². The van der Waals surface area contributed by atoms with Crippen molar-refractivity contribution >= 4 is 34.1 Å². The molecule has 0 fully saturated rings. The van der Waals surface area contributed by atoms with E-state index in [2.05, 4.69) is 9.97 Å². The van der Waals surface area contributed by atoms with Crippen molar-refractivity contribution in [3.05, 3.63) is 29.8 Å². The molecule has 0 spiro atoms. The second-order valence-corrected chi connectivity index (χ2v) is 7.48. The lowest BCUT2D eigenvalue weighted by Gasteiger charge is -2.18. The largest absolute Gasteiger partial charge is 0.491 e.